The van der Waals surface area contributed by atoms with Gasteiger partial charge < -0.3 is 15.5 Å². The van der Waals surface area contributed by atoms with Crippen LogP contribution in [0, 0.1) is 0 Å². The van der Waals surface area contributed by atoms with Crippen molar-refractivity contribution in [1.29, 1.82) is 0 Å². The second-order valence-corrected chi connectivity index (χ2v) is 5.10. The third-order valence-electron chi connectivity index (χ3n) is 2.83. The molecule has 1 aromatic rings. The SMILES string of the molecule is COC(C)(C)CNc1ncnc(NN)c1C(C)C. The van der Waals surface area contributed by atoms with E-state index in [-0.39, 0.29) is 11.5 Å². The smallest absolute Gasteiger partial charge is 0.148 e. The molecule has 6 nitrogen and oxygen atoms in total. The highest BCUT2D eigenvalue weighted by Crippen LogP contribution is 2.28. The molecule has 0 atom stereocenters. The number of nitrogens with two attached hydrogens (primary N) is 1. The Morgan fingerprint density at radius 2 is 1.94 bits per heavy atom. The fraction of sp³-hybridized carbons (Fsp3) is 0.667. The highest BCUT2D eigenvalue weighted by atomic mass is 16.5. The number of hydrazine groups is 1. The molecule has 0 amide bonds. The van der Waals surface area contributed by atoms with Crippen LogP contribution < -0.4 is 16.6 Å². The lowest BCUT2D eigenvalue weighted by Crippen LogP contribution is -2.32. The van der Waals surface area contributed by atoms with Crippen LogP contribution in [0.25, 0.3) is 0 Å². The van der Waals surface area contributed by atoms with Gasteiger partial charge in [0.05, 0.1) is 5.60 Å². The van der Waals surface area contributed by atoms with E-state index in [0.29, 0.717) is 12.4 Å². The monoisotopic (exact) mass is 253 g/mol. The van der Waals surface area contributed by atoms with Crippen LogP contribution in [0.1, 0.15) is 39.2 Å². The summed E-state index contributed by atoms with van der Waals surface area (Å²) in [6, 6.07) is 0. The molecule has 4 N–H and O–H groups in total. The summed E-state index contributed by atoms with van der Waals surface area (Å²) in [6.07, 6.45) is 1.49. The summed E-state index contributed by atoms with van der Waals surface area (Å²) in [5, 5.41) is 3.29. The van der Waals surface area contributed by atoms with E-state index in [4.69, 9.17) is 10.6 Å². The van der Waals surface area contributed by atoms with Crippen molar-refractivity contribution in [2.24, 2.45) is 5.84 Å². The number of rotatable bonds is 6. The fourth-order valence-electron chi connectivity index (χ4n) is 1.57. The van der Waals surface area contributed by atoms with Crippen molar-refractivity contribution in [2.75, 3.05) is 24.4 Å². The van der Waals surface area contributed by atoms with Gasteiger partial charge in [0, 0.05) is 19.2 Å². The van der Waals surface area contributed by atoms with Crippen molar-refractivity contribution < 1.29 is 4.74 Å². The van der Waals surface area contributed by atoms with Gasteiger partial charge in [0.1, 0.15) is 18.0 Å². The number of hydrogen-bond acceptors (Lipinski definition) is 6. The quantitative estimate of drug-likeness (QED) is 0.529. The molecule has 6 heteroatoms. The molecule has 0 aromatic carbocycles. The maximum Gasteiger partial charge on any atom is 0.148 e. The number of nitrogens with one attached hydrogen (secondary N) is 2. The van der Waals surface area contributed by atoms with Gasteiger partial charge >= 0.3 is 0 Å². The number of anilines is 2. The normalized spacial score (nSPS) is 11.7. The zero-order valence-electron chi connectivity index (χ0n) is 11.7. The zero-order valence-corrected chi connectivity index (χ0v) is 11.7. The Morgan fingerprint density at radius 3 is 2.44 bits per heavy atom. The van der Waals surface area contributed by atoms with Crippen LogP contribution in [0.15, 0.2) is 6.33 Å². The van der Waals surface area contributed by atoms with Gasteiger partial charge in [-0.15, -0.1) is 0 Å². The second-order valence-electron chi connectivity index (χ2n) is 5.10. The molecular weight excluding hydrogens is 230 g/mol. The number of nitrogens with zero attached hydrogens (tertiary/aromatic N) is 2. The van der Waals surface area contributed by atoms with Crippen LogP contribution in [-0.2, 0) is 4.74 Å². The lowest BCUT2D eigenvalue weighted by molar-refractivity contribution is 0.0343. The van der Waals surface area contributed by atoms with Crippen LogP contribution in [-0.4, -0.2) is 29.2 Å². The maximum atomic E-state index is 5.47. The molecule has 1 aromatic heterocycles. The topological polar surface area (TPSA) is 85.1 Å². The van der Waals surface area contributed by atoms with Crippen LogP contribution in [0.3, 0.4) is 0 Å². The van der Waals surface area contributed by atoms with E-state index in [0.717, 1.165) is 11.4 Å². The number of hydrogen-bond donors (Lipinski definition) is 3. The first kappa shape index (κ1) is 14.7. The molecule has 0 aliphatic carbocycles. The summed E-state index contributed by atoms with van der Waals surface area (Å²) in [6.45, 7) is 8.83. The summed E-state index contributed by atoms with van der Waals surface area (Å²) in [4.78, 5) is 8.40. The Morgan fingerprint density at radius 1 is 1.33 bits per heavy atom. The third-order valence-corrected chi connectivity index (χ3v) is 2.83. The van der Waals surface area contributed by atoms with E-state index < -0.39 is 0 Å². The standard InChI is InChI=1S/C12H23N5O/c1-8(2)9-10(14-6-12(3,4)18-5)15-7-16-11(9)17-13/h7-8H,6,13H2,1-5H3,(H2,14,15,16,17). The second kappa shape index (κ2) is 5.97. The maximum absolute atomic E-state index is 5.47. The van der Waals surface area contributed by atoms with E-state index in [1.54, 1.807) is 7.11 Å². The number of ether oxygens (including phenoxy) is 1. The Labute approximate surface area is 108 Å². The summed E-state index contributed by atoms with van der Waals surface area (Å²) >= 11 is 0. The first-order valence-electron chi connectivity index (χ1n) is 6.02. The molecule has 18 heavy (non-hydrogen) atoms. The predicted octanol–water partition coefficient (Wildman–Crippen LogP) is 1.72. The Kier molecular flexibility index (Phi) is 4.86. The van der Waals surface area contributed by atoms with Gasteiger partial charge in [-0.25, -0.2) is 15.8 Å². The van der Waals surface area contributed by atoms with Crippen LogP contribution in [0.2, 0.25) is 0 Å². The third kappa shape index (κ3) is 3.54. The minimum atomic E-state index is -0.254. The van der Waals surface area contributed by atoms with Crippen molar-refractivity contribution in [3.05, 3.63) is 11.9 Å². The van der Waals surface area contributed by atoms with E-state index in [9.17, 15) is 0 Å². The molecule has 1 rings (SSSR count). The highest BCUT2D eigenvalue weighted by Gasteiger charge is 2.19. The molecule has 0 aliphatic heterocycles. The van der Waals surface area contributed by atoms with Crippen molar-refractivity contribution in [2.45, 2.75) is 39.2 Å². The number of methoxy groups -OCH3 is 1. The molecule has 0 saturated heterocycles. The molecule has 0 radical (unpaired) electrons. The van der Waals surface area contributed by atoms with Crippen molar-refractivity contribution >= 4 is 11.6 Å². The number of nitrogen functional groups attached to an aromatic ring is 1. The van der Waals surface area contributed by atoms with Crippen LogP contribution in [0.5, 0.6) is 0 Å². The molecule has 0 fully saturated rings. The number of aromatic nitrogens is 2. The summed E-state index contributed by atoms with van der Waals surface area (Å²) in [7, 11) is 1.69. The molecule has 1 heterocycles. The zero-order chi connectivity index (χ0) is 13.8. The van der Waals surface area contributed by atoms with E-state index in [2.05, 4.69) is 34.6 Å². The van der Waals surface area contributed by atoms with Gasteiger partial charge in [0.2, 0.25) is 0 Å². The van der Waals surface area contributed by atoms with Gasteiger partial charge in [-0.1, -0.05) is 13.8 Å². The summed E-state index contributed by atoms with van der Waals surface area (Å²) in [5.41, 5.74) is 3.33. The molecule has 0 aliphatic rings. The minimum absolute atomic E-state index is 0.254. The molecule has 0 spiro atoms. The van der Waals surface area contributed by atoms with Gasteiger partial charge in [-0.3, -0.25) is 0 Å². The van der Waals surface area contributed by atoms with Crippen molar-refractivity contribution in [3.63, 3.8) is 0 Å². The highest BCUT2D eigenvalue weighted by molar-refractivity contribution is 5.58. The molecule has 0 bridgehead atoms. The lowest BCUT2D eigenvalue weighted by atomic mass is 10.0. The Balaban J connectivity index is 2.95. The average molecular weight is 253 g/mol. The molecule has 0 unspecified atom stereocenters. The minimum Gasteiger partial charge on any atom is -0.377 e. The summed E-state index contributed by atoms with van der Waals surface area (Å²) < 4.78 is 5.37. The van der Waals surface area contributed by atoms with Crippen LogP contribution in [0.4, 0.5) is 11.6 Å². The van der Waals surface area contributed by atoms with Crippen molar-refractivity contribution in [1.82, 2.24) is 9.97 Å². The van der Waals surface area contributed by atoms with Crippen LogP contribution >= 0.6 is 0 Å². The molecular formula is C12H23N5O. The Bertz CT molecular complexity index is 392. The summed E-state index contributed by atoms with van der Waals surface area (Å²) in [5.74, 6) is 7.18. The average Bonchev–Trinajstić information content (AvgIpc) is 2.35. The van der Waals surface area contributed by atoms with Crippen molar-refractivity contribution in [3.8, 4) is 0 Å². The molecule has 0 saturated carbocycles. The fourth-order valence-corrected chi connectivity index (χ4v) is 1.57. The Hall–Kier alpha value is -1.40. The van der Waals surface area contributed by atoms with E-state index in [1.807, 2.05) is 13.8 Å². The molecule has 102 valence electrons. The van der Waals surface area contributed by atoms with Gasteiger partial charge in [0.15, 0.2) is 0 Å². The van der Waals surface area contributed by atoms with Gasteiger partial charge in [-0.05, 0) is 19.8 Å². The van der Waals surface area contributed by atoms with E-state index >= 15 is 0 Å². The first-order chi connectivity index (χ1) is 8.41. The van der Waals surface area contributed by atoms with E-state index in [1.165, 1.54) is 6.33 Å². The predicted molar refractivity (Wildman–Crippen MR) is 73.5 cm³/mol. The van der Waals surface area contributed by atoms with Gasteiger partial charge in [0.25, 0.3) is 0 Å². The van der Waals surface area contributed by atoms with Gasteiger partial charge in [-0.2, -0.15) is 0 Å². The largest absolute Gasteiger partial charge is 0.377 e. The first-order valence-corrected chi connectivity index (χ1v) is 6.02. The lowest BCUT2D eigenvalue weighted by Gasteiger charge is -2.25.